The molecule has 0 spiro atoms. The van der Waals surface area contributed by atoms with Gasteiger partial charge in [0, 0.05) is 0 Å². The molecule has 2 heteroatoms. The molecule has 0 saturated carbocycles. The maximum absolute atomic E-state index is 2.51. The third kappa shape index (κ3) is 4.97. The summed E-state index contributed by atoms with van der Waals surface area (Å²) < 4.78 is 5.59. The number of fused-ring (bicyclic) bond motifs is 10. The molecular weight excluding hydrogens is 808 g/mol. The molecule has 0 nitrogen and oxygen atoms in total. The molecule has 0 radical (unpaired) electrons. The van der Waals surface area contributed by atoms with Crippen LogP contribution in [0.5, 0.6) is 0 Å². The van der Waals surface area contributed by atoms with Crippen LogP contribution in [-0.4, -0.2) is 14.5 Å². The van der Waals surface area contributed by atoms with E-state index in [1.165, 1.54) is 127 Å². The Morgan fingerprint density at radius 3 is 1.35 bits per heavy atom. The fourth-order valence-electron chi connectivity index (χ4n) is 10.2. The average Bonchev–Trinajstić information content (AvgIpc) is 3.89. The molecule has 0 unspecified atom stereocenters. The monoisotopic (exact) mass is 842 g/mol. The molecule has 0 atom stereocenters. The van der Waals surface area contributed by atoms with E-state index in [2.05, 4.69) is 206 Å². The summed E-state index contributed by atoms with van der Waals surface area (Å²) >= 11 is 2.00. The van der Waals surface area contributed by atoms with Gasteiger partial charge in [0.05, 0.1) is 0 Å². The van der Waals surface area contributed by atoms with Crippen molar-refractivity contribution in [3.05, 3.63) is 206 Å². The normalized spacial score (nSPS) is 12.0. The number of benzene rings is 11. The van der Waals surface area contributed by atoms with E-state index in [1.807, 2.05) is 11.3 Å². The minimum atomic E-state index is 0.106. The summed E-state index contributed by atoms with van der Waals surface area (Å²) in [4.78, 5) is 0. The Bertz CT molecular complexity index is 3770. The third-order valence-corrected chi connectivity index (χ3v) is 16.3. The molecule has 60 heavy (non-hydrogen) atoms. The van der Waals surface area contributed by atoms with Crippen molar-refractivity contribution in [1.82, 2.24) is 0 Å². The maximum atomic E-state index is 2.51. The zero-order valence-corrected chi connectivity index (χ0v) is 35.0. The van der Waals surface area contributed by atoms with Crippen LogP contribution < -0.4 is 0 Å². The number of rotatable bonds is 4. The molecule has 278 valence electrons. The summed E-state index contributed by atoms with van der Waals surface area (Å²) in [6.07, 6.45) is 0. The van der Waals surface area contributed by atoms with Crippen LogP contribution in [0.15, 0.2) is 206 Å². The Hall–Kier alpha value is -6.80. The minimum absolute atomic E-state index is 0.106. The van der Waals surface area contributed by atoms with E-state index in [4.69, 9.17) is 0 Å². The predicted octanol–water partition coefficient (Wildman–Crippen LogP) is 16.7. The second-order valence-corrected chi connectivity index (χ2v) is 19.1. The second kappa shape index (κ2) is 13.4. The van der Waals surface area contributed by atoms with Gasteiger partial charge in [0.1, 0.15) is 0 Å². The zero-order chi connectivity index (χ0) is 39.3. The molecule has 11 aromatic carbocycles. The van der Waals surface area contributed by atoms with Crippen molar-refractivity contribution in [2.45, 2.75) is 0 Å². The van der Waals surface area contributed by atoms with Crippen LogP contribution in [0.3, 0.4) is 0 Å². The van der Waals surface area contributed by atoms with E-state index in [0.717, 1.165) is 0 Å². The van der Waals surface area contributed by atoms with Crippen molar-refractivity contribution in [1.29, 1.82) is 0 Å². The molecule has 0 saturated heterocycles. The molecule has 0 N–H and O–H groups in total. The number of hydrogen-bond donors (Lipinski definition) is 0. The zero-order valence-electron chi connectivity index (χ0n) is 32.4. The Kier molecular flexibility index (Phi) is 7.59. The molecule has 2 heterocycles. The van der Waals surface area contributed by atoms with Gasteiger partial charge in [-0.05, 0) is 0 Å². The van der Waals surface area contributed by atoms with E-state index in [0.29, 0.717) is 0 Å². The van der Waals surface area contributed by atoms with E-state index in [9.17, 15) is 0 Å². The van der Waals surface area contributed by atoms with Gasteiger partial charge in [-0.2, -0.15) is 0 Å². The van der Waals surface area contributed by atoms with Gasteiger partial charge in [-0.25, -0.2) is 0 Å². The fourth-order valence-corrected chi connectivity index (χ4v) is 14.0. The van der Waals surface area contributed by atoms with Crippen molar-refractivity contribution in [2.75, 3.05) is 0 Å². The molecule has 13 aromatic rings. The quantitative estimate of drug-likeness (QED) is 0.122. The van der Waals surface area contributed by atoms with Crippen molar-refractivity contribution in [2.24, 2.45) is 0 Å². The van der Waals surface area contributed by atoms with Gasteiger partial charge in [0.25, 0.3) is 0 Å². The SMILES string of the molecule is c1ccc(-c2c3ccccc3c(-c3ccc4c(c3)[se]c3c(-c5c6ccccc6c(-c6cccc7sc8ccccc8c67)c6ccccc56)cccc34)c3ccccc23)cc1. The van der Waals surface area contributed by atoms with Crippen LogP contribution in [-0.2, 0) is 0 Å². The average molecular weight is 842 g/mol. The summed E-state index contributed by atoms with van der Waals surface area (Å²) in [6, 6.07) is 77.2. The Morgan fingerprint density at radius 1 is 0.283 bits per heavy atom. The summed E-state index contributed by atoms with van der Waals surface area (Å²) in [6.45, 7) is 0. The molecule has 0 amide bonds. The molecule has 0 aliphatic carbocycles. The molecule has 0 bridgehead atoms. The van der Waals surface area contributed by atoms with Crippen LogP contribution in [0.1, 0.15) is 0 Å². The van der Waals surface area contributed by atoms with E-state index >= 15 is 0 Å². The van der Waals surface area contributed by atoms with Crippen LogP contribution in [0.25, 0.3) is 127 Å². The van der Waals surface area contributed by atoms with Crippen molar-refractivity contribution in [3.63, 3.8) is 0 Å². The van der Waals surface area contributed by atoms with Gasteiger partial charge in [-0.1, -0.05) is 0 Å². The van der Waals surface area contributed by atoms with E-state index in [1.54, 1.807) is 0 Å². The Morgan fingerprint density at radius 2 is 0.733 bits per heavy atom. The van der Waals surface area contributed by atoms with Gasteiger partial charge in [0.15, 0.2) is 0 Å². The molecule has 0 aliphatic heterocycles. The van der Waals surface area contributed by atoms with Gasteiger partial charge in [0.2, 0.25) is 0 Å². The summed E-state index contributed by atoms with van der Waals surface area (Å²) in [5.74, 6) is 0. The summed E-state index contributed by atoms with van der Waals surface area (Å²) in [7, 11) is 0. The topological polar surface area (TPSA) is 0 Å². The summed E-state index contributed by atoms with van der Waals surface area (Å²) in [5, 5.41) is 15.8. The first-order valence-electron chi connectivity index (χ1n) is 20.6. The summed E-state index contributed by atoms with van der Waals surface area (Å²) in [5.41, 5.74) is 10.5. The van der Waals surface area contributed by atoms with Gasteiger partial charge >= 0.3 is 359 Å². The van der Waals surface area contributed by atoms with Crippen molar-refractivity contribution in [3.8, 4) is 44.5 Å². The van der Waals surface area contributed by atoms with Crippen molar-refractivity contribution >= 4 is 108 Å². The van der Waals surface area contributed by atoms with E-state index < -0.39 is 0 Å². The van der Waals surface area contributed by atoms with E-state index in [-0.39, 0.29) is 14.5 Å². The number of thiophene rings is 1. The Labute approximate surface area is 357 Å². The van der Waals surface area contributed by atoms with Crippen LogP contribution in [0.4, 0.5) is 0 Å². The standard InChI is InChI=1S/C58H34SSe/c1-2-16-35(17-3-1)53-38-18-4-6-20-40(38)54(41-21-7-5-19-39(41)53)36-32-33-37-46-27-14-29-49(58(46)60-52(37)34-36)56-44-24-10-8-22-42(44)55(43-23-9-11-25-45(43)56)48-28-15-31-51-57(48)47-26-12-13-30-50(47)59-51/h1-34H. The molecule has 0 aliphatic rings. The molecule has 2 aromatic heterocycles. The van der Waals surface area contributed by atoms with Crippen LogP contribution >= 0.6 is 11.3 Å². The molecular formula is C58H34SSe. The van der Waals surface area contributed by atoms with Crippen molar-refractivity contribution < 1.29 is 0 Å². The fraction of sp³-hybridized carbons (Fsp3) is 0. The number of hydrogen-bond acceptors (Lipinski definition) is 1. The van der Waals surface area contributed by atoms with Crippen LogP contribution in [0, 0.1) is 0 Å². The van der Waals surface area contributed by atoms with Gasteiger partial charge in [-0.3, -0.25) is 0 Å². The first-order chi connectivity index (χ1) is 29.8. The predicted molar refractivity (Wildman–Crippen MR) is 263 cm³/mol. The van der Waals surface area contributed by atoms with Gasteiger partial charge in [-0.15, -0.1) is 0 Å². The van der Waals surface area contributed by atoms with Crippen LogP contribution in [0.2, 0.25) is 0 Å². The first-order valence-corrected chi connectivity index (χ1v) is 23.1. The second-order valence-electron chi connectivity index (χ2n) is 15.8. The van der Waals surface area contributed by atoms with Gasteiger partial charge < -0.3 is 0 Å². The molecule has 13 rings (SSSR count). The first kappa shape index (κ1) is 34.1. The Balaban J connectivity index is 1.06. The third-order valence-electron chi connectivity index (χ3n) is 12.7. The molecule has 0 fully saturated rings.